The lowest BCUT2D eigenvalue weighted by atomic mass is 10.1. The van der Waals surface area contributed by atoms with Gasteiger partial charge in [-0.25, -0.2) is 4.39 Å². The lowest BCUT2D eigenvalue weighted by Gasteiger charge is -2.11. The van der Waals surface area contributed by atoms with Crippen LogP contribution >= 0.6 is 0 Å². The molecule has 2 rings (SSSR count). The van der Waals surface area contributed by atoms with Crippen LogP contribution < -0.4 is 4.74 Å². The predicted molar refractivity (Wildman–Crippen MR) is 79.6 cm³/mol. The van der Waals surface area contributed by atoms with Crippen molar-refractivity contribution in [3.05, 3.63) is 59.9 Å². The van der Waals surface area contributed by atoms with Gasteiger partial charge in [0, 0.05) is 10.5 Å². The topological polar surface area (TPSA) is 43.4 Å². The summed E-state index contributed by atoms with van der Waals surface area (Å²) >= 11 is 0. The maximum Gasteiger partial charge on any atom is 0.178 e. The molecule has 0 aliphatic rings. The van der Waals surface area contributed by atoms with Crippen molar-refractivity contribution in [2.45, 2.75) is 17.1 Å². The standard InChI is InChI=1S/C16H15FO3S/c1-11(21(19)15-9-5-13(17)6-10-15)16(18)12-3-7-14(20-2)8-4-12/h3-11H,1-2H3. The van der Waals surface area contributed by atoms with E-state index in [0.29, 0.717) is 16.2 Å². The van der Waals surface area contributed by atoms with E-state index in [1.807, 2.05) is 0 Å². The molecule has 2 aromatic rings. The van der Waals surface area contributed by atoms with Crippen LogP contribution in [-0.2, 0) is 10.8 Å². The Bertz CT molecular complexity index is 650. The molecule has 110 valence electrons. The molecule has 2 unspecified atom stereocenters. The molecule has 0 saturated carbocycles. The lowest BCUT2D eigenvalue weighted by Crippen LogP contribution is -2.22. The van der Waals surface area contributed by atoms with Gasteiger partial charge in [-0.05, 0) is 55.5 Å². The Morgan fingerprint density at radius 1 is 1.10 bits per heavy atom. The Hall–Kier alpha value is -2.01. The summed E-state index contributed by atoms with van der Waals surface area (Å²) in [6, 6.07) is 12.0. The number of carbonyl (C=O) groups is 1. The minimum absolute atomic E-state index is 0.222. The molecular formula is C16H15FO3S. The average molecular weight is 306 g/mol. The molecule has 0 bridgehead atoms. The summed E-state index contributed by atoms with van der Waals surface area (Å²) in [5.74, 6) is 0.0315. The molecule has 0 aliphatic carbocycles. The molecule has 3 nitrogen and oxygen atoms in total. The molecule has 0 aromatic heterocycles. The summed E-state index contributed by atoms with van der Waals surface area (Å²) in [4.78, 5) is 12.8. The van der Waals surface area contributed by atoms with Crippen LogP contribution in [0.15, 0.2) is 53.4 Å². The van der Waals surface area contributed by atoms with E-state index in [-0.39, 0.29) is 5.78 Å². The van der Waals surface area contributed by atoms with Gasteiger partial charge in [-0.3, -0.25) is 9.00 Å². The van der Waals surface area contributed by atoms with Crippen LogP contribution in [0, 0.1) is 5.82 Å². The van der Waals surface area contributed by atoms with Crippen LogP contribution in [0.5, 0.6) is 5.75 Å². The fraction of sp³-hybridized carbons (Fsp3) is 0.188. The molecule has 2 aromatic carbocycles. The van der Waals surface area contributed by atoms with Gasteiger partial charge in [-0.2, -0.15) is 0 Å². The zero-order valence-electron chi connectivity index (χ0n) is 11.7. The summed E-state index contributed by atoms with van der Waals surface area (Å²) in [7, 11) is 0.0231. The molecule has 5 heteroatoms. The third-order valence-electron chi connectivity index (χ3n) is 3.11. The van der Waals surface area contributed by atoms with Crippen LogP contribution in [0.25, 0.3) is 0 Å². The summed E-state index contributed by atoms with van der Waals surface area (Å²) in [5.41, 5.74) is 0.471. The van der Waals surface area contributed by atoms with E-state index >= 15 is 0 Å². The van der Waals surface area contributed by atoms with E-state index in [1.54, 1.807) is 38.3 Å². The highest BCUT2D eigenvalue weighted by Crippen LogP contribution is 2.18. The van der Waals surface area contributed by atoms with Crippen LogP contribution in [0.4, 0.5) is 4.39 Å². The highest BCUT2D eigenvalue weighted by atomic mass is 32.2. The van der Waals surface area contributed by atoms with E-state index in [2.05, 4.69) is 0 Å². The van der Waals surface area contributed by atoms with E-state index < -0.39 is 21.9 Å². The van der Waals surface area contributed by atoms with E-state index in [0.717, 1.165) is 0 Å². The molecule has 0 N–H and O–H groups in total. The van der Waals surface area contributed by atoms with Gasteiger partial charge >= 0.3 is 0 Å². The van der Waals surface area contributed by atoms with Crippen molar-refractivity contribution in [1.82, 2.24) is 0 Å². The number of carbonyl (C=O) groups excluding carboxylic acids is 1. The Labute approximate surface area is 125 Å². The second kappa shape index (κ2) is 6.63. The Morgan fingerprint density at radius 2 is 1.67 bits per heavy atom. The normalized spacial score (nSPS) is 13.5. The lowest BCUT2D eigenvalue weighted by molar-refractivity contribution is 0.0992. The van der Waals surface area contributed by atoms with Crippen molar-refractivity contribution >= 4 is 16.6 Å². The number of Topliss-reactive ketones (excluding diaryl/α,β-unsaturated/α-hetero) is 1. The summed E-state index contributed by atoms with van der Waals surface area (Å²) in [5, 5.41) is -0.705. The molecule has 0 heterocycles. The highest BCUT2D eigenvalue weighted by molar-refractivity contribution is 7.86. The quantitative estimate of drug-likeness (QED) is 0.797. The van der Waals surface area contributed by atoms with Gasteiger partial charge in [0.1, 0.15) is 11.6 Å². The van der Waals surface area contributed by atoms with Gasteiger partial charge in [0.25, 0.3) is 0 Å². The molecule has 21 heavy (non-hydrogen) atoms. The monoisotopic (exact) mass is 306 g/mol. The number of halogens is 1. The second-order valence-electron chi connectivity index (χ2n) is 4.49. The summed E-state index contributed by atoms with van der Waals surface area (Å²) < 4.78 is 30.2. The zero-order valence-corrected chi connectivity index (χ0v) is 12.5. The van der Waals surface area contributed by atoms with Gasteiger partial charge in [-0.15, -0.1) is 0 Å². The number of hydrogen-bond acceptors (Lipinski definition) is 3. The highest BCUT2D eigenvalue weighted by Gasteiger charge is 2.22. The number of ketones is 1. The first-order valence-electron chi connectivity index (χ1n) is 6.37. The van der Waals surface area contributed by atoms with Crippen LogP contribution in [0.3, 0.4) is 0 Å². The second-order valence-corrected chi connectivity index (χ2v) is 6.26. The minimum atomic E-state index is -1.52. The molecule has 0 saturated heterocycles. The van der Waals surface area contributed by atoms with Crippen LogP contribution in [0.1, 0.15) is 17.3 Å². The maximum atomic E-state index is 12.9. The van der Waals surface area contributed by atoms with Crippen molar-refractivity contribution in [3.63, 3.8) is 0 Å². The van der Waals surface area contributed by atoms with Crippen LogP contribution in [-0.4, -0.2) is 22.4 Å². The fourth-order valence-electron chi connectivity index (χ4n) is 1.86. The molecule has 0 aliphatic heterocycles. The van der Waals surface area contributed by atoms with Crippen molar-refractivity contribution < 1.29 is 18.1 Å². The number of benzene rings is 2. The van der Waals surface area contributed by atoms with Crippen molar-refractivity contribution in [2.24, 2.45) is 0 Å². The largest absolute Gasteiger partial charge is 0.497 e. The third kappa shape index (κ3) is 3.55. The molecule has 0 amide bonds. The number of methoxy groups -OCH3 is 1. The van der Waals surface area contributed by atoms with Gasteiger partial charge in [0.15, 0.2) is 5.78 Å². The Morgan fingerprint density at radius 3 is 2.19 bits per heavy atom. The van der Waals surface area contributed by atoms with E-state index in [4.69, 9.17) is 4.74 Å². The number of hydrogen-bond donors (Lipinski definition) is 0. The van der Waals surface area contributed by atoms with Gasteiger partial charge in [0.2, 0.25) is 0 Å². The smallest absolute Gasteiger partial charge is 0.178 e. The first kappa shape index (κ1) is 15.4. The predicted octanol–water partition coefficient (Wildman–Crippen LogP) is 3.21. The average Bonchev–Trinajstić information content (AvgIpc) is 2.53. The molecule has 0 spiro atoms. The number of rotatable bonds is 5. The van der Waals surface area contributed by atoms with Crippen LogP contribution in [0.2, 0.25) is 0 Å². The SMILES string of the molecule is COc1ccc(C(=O)C(C)S(=O)c2ccc(F)cc2)cc1. The Balaban J connectivity index is 2.17. The minimum Gasteiger partial charge on any atom is -0.497 e. The van der Waals surface area contributed by atoms with E-state index in [9.17, 15) is 13.4 Å². The molecule has 0 radical (unpaired) electrons. The summed E-state index contributed by atoms with van der Waals surface area (Å²) in [6.45, 7) is 1.60. The molecule has 0 fully saturated rings. The molecule has 2 atom stereocenters. The van der Waals surface area contributed by atoms with Gasteiger partial charge in [-0.1, -0.05) is 0 Å². The van der Waals surface area contributed by atoms with Crippen molar-refractivity contribution in [3.8, 4) is 5.75 Å². The van der Waals surface area contributed by atoms with Crippen molar-refractivity contribution in [2.75, 3.05) is 7.11 Å². The zero-order chi connectivity index (χ0) is 15.4. The number of ether oxygens (including phenoxy) is 1. The van der Waals surface area contributed by atoms with Gasteiger partial charge in [0.05, 0.1) is 23.2 Å². The molecular weight excluding hydrogens is 291 g/mol. The van der Waals surface area contributed by atoms with E-state index in [1.165, 1.54) is 24.3 Å². The third-order valence-corrected chi connectivity index (χ3v) is 4.70. The fourth-order valence-corrected chi connectivity index (χ4v) is 3.00. The Kier molecular flexibility index (Phi) is 4.85. The first-order valence-corrected chi connectivity index (χ1v) is 7.58. The summed E-state index contributed by atoms with van der Waals surface area (Å²) in [6.07, 6.45) is 0. The maximum absolute atomic E-state index is 12.9. The van der Waals surface area contributed by atoms with Gasteiger partial charge < -0.3 is 4.74 Å². The van der Waals surface area contributed by atoms with Crippen molar-refractivity contribution in [1.29, 1.82) is 0 Å². The first-order chi connectivity index (χ1) is 10.0.